The molecule has 0 aromatic heterocycles. The van der Waals surface area contributed by atoms with E-state index in [1.807, 2.05) is 17.8 Å². The number of hydrogen-bond donors (Lipinski definition) is 1. The lowest BCUT2D eigenvalue weighted by Crippen LogP contribution is -2.02. The zero-order chi connectivity index (χ0) is 11.1. The Morgan fingerprint density at radius 3 is 2.93 bits per heavy atom. The molecule has 0 amide bonds. The highest BCUT2D eigenvalue weighted by Crippen LogP contribution is 2.22. The summed E-state index contributed by atoms with van der Waals surface area (Å²) in [7, 11) is 0. The van der Waals surface area contributed by atoms with E-state index in [0.717, 1.165) is 24.4 Å². The van der Waals surface area contributed by atoms with E-state index in [-0.39, 0.29) is 0 Å². The van der Waals surface area contributed by atoms with Gasteiger partial charge < -0.3 is 5.32 Å². The first-order valence-corrected chi connectivity index (χ1v) is 6.47. The van der Waals surface area contributed by atoms with Crippen LogP contribution in [0.2, 0.25) is 5.02 Å². The quantitative estimate of drug-likeness (QED) is 0.802. The Kier molecular flexibility index (Phi) is 5.38. The topological polar surface area (TPSA) is 35.8 Å². The highest BCUT2D eigenvalue weighted by molar-refractivity contribution is 7.98. The van der Waals surface area contributed by atoms with Gasteiger partial charge in [0.1, 0.15) is 0 Å². The smallest absolute Gasteiger partial charge is 0.0992 e. The molecular formula is C11H13ClN2S. The summed E-state index contributed by atoms with van der Waals surface area (Å²) in [4.78, 5) is 0. The molecule has 0 bridgehead atoms. The molecule has 80 valence electrons. The Balaban J connectivity index is 2.52. The maximum atomic E-state index is 8.67. The summed E-state index contributed by atoms with van der Waals surface area (Å²) in [6.07, 6.45) is 3.20. The lowest BCUT2D eigenvalue weighted by atomic mass is 10.2. The maximum absolute atomic E-state index is 8.67. The molecule has 0 unspecified atom stereocenters. The third kappa shape index (κ3) is 4.03. The van der Waals surface area contributed by atoms with E-state index in [1.165, 1.54) is 0 Å². The Labute approximate surface area is 99.6 Å². The van der Waals surface area contributed by atoms with Crippen LogP contribution in [-0.4, -0.2) is 18.6 Å². The average molecular weight is 241 g/mol. The van der Waals surface area contributed by atoms with E-state index in [0.29, 0.717) is 10.6 Å². The number of thioether (sulfide) groups is 1. The molecule has 0 radical (unpaired) electrons. The summed E-state index contributed by atoms with van der Waals surface area (Å²) in [6, 6.07) is 7.35. The van der Waals surface area contributed by atoms with Crippen LogP contribution in [0.15, 0.2) is 18.2 Å². The fourth-order valence-corrected chi connectivity index (χ4v) is 1.85. The molecule has 0 aliphatic rings. The lowest BCUT2D eigenvalue weighted by Gasteiger charge is -2.07. The molecular weight excluding hydrogens is 228 g/mol. The van der Waals surface area contributed by atoms with Crippen LogP contribution in [0.5, 0.6) is 0 Å². The van der Waals surface area contributed by atoms with E-state index in [2.05, 4.69) is 17.6 Å². The Hall–Kier alpha value is -0.850. The zero-order valence-corrected chi connectivity index (χ0v) is 10.2. The van der Waals surface area contributed by atoms with Crippen molar-refractivity contribution in [2.75, 3.05) is 23.9 Å². The van der Waals surface area contributed by atoms with Gasteiger partial charge in [-0.1, -0.05) is 11.6 Å². The van der Waals surface area contributed by atoms with Crippen LogP contribution in [0.4, 0.5) is 5.69 Å². The lowest BCUT2D eigenvalue weighted by molar-refractivity contribution is 0.993. The third-order valence-corrected chi connectivity index (χ3v) is 2.95. The molecule has 1 N–H and O–H groups in total. The predicted molar refractivity (Wildman–Crippen MR) is 67.7 cm³/mol. The van der Waals surface area contributed by atoms with Gasteiger partial charge in [-0.25, -0.2) is 0 Å². The van der Waals surface area contributed by atoms with Crippen LogP contribution in [0.1, 0.15) is 12.0 Å². The third-order valence-electron chi connectivity index (χ3n) is 1.94. The number of rotatable bonds is 5. The Morgan fingerprint density at radius 2 is 2.33 bits per heavy atom. The highest BCUT2D eigenvalue weighted by atomic mass is 35.5. The average Bonchev–Trinajstić information content (AvgIpc) is 2.26. The minimum absolute atomic E-state index is 0.592. The molecule has 1 aromatic carbocycles. The van der Waals surface area contributed by atoms with Crippen LogP contribution in [0.25, 0.3) is 0 Å². The van der Waals surface area contributed by atoms with Crippen LogP contribution >= 0.6 is 23.4 Å². The van der Waals surface area contributed by atoms with E-state index < -0.39 is 0 Å². The number of hydrogen-bond acceptors (Lipinski definition) is 3. The summed E-state index contributed by atoms with van der Waals surface area (Å²) in [5.41, 5.74) is 1.49. The molecule has 2 nitrogen and oxygen atoms in total. The first kappa shape index (κ1) is 12.2. The van der Waals surface area contributed by atoms with Gasteiger partial charge in [0.15, 0.2) is 0 Å². The number of halogens is 1. The van der Waals surface area contributed by atoms with Crippen molar-refractivity contribution >= 4 is 29.1 Å². The SMILES string of the molecule is CSCCCNc1ccc(C#N)cc1Cl. The van der Waals surface area contributed by atoms with Gasteiger partial charge in [0.25, 0.3) is 0 Å². The fraction of sp³-hybridized carbons (Fsp3) is 0.364. The molecule has 0 heterocycles. The van der Waals surface area contributed by atoms with E-state index >= 15 is 0 Å². The second-order valence-electron chi connectivity index (χ2n) is 3.08. The van der Waals surface area contributed by atoms with Gasteiger partial charge in [0.05, 0.1) is 22.3 Å². The molecule has 0 spiro atoms. The minimum Gasteiger partial charge on any atom is -0.384 e. The Bertz CT molecular complexity index is 360. The summed E-state index contributed by atoms with van der Waals surface area (Å²) in [5.74, 6) is 1.14. The summed E-state index contributed by atoms with van der Waals surface area (Å²) < 4.78 is 0. The monoisotopic (exact) mass is 240 g/mol. The number of nitrogens with zero attached hydrogens (tertiary/aromatic N) is 1. The molecule has 0 aliphatic heterocycles. The van der Waals surface area contributed by atoms with E-state index in [1.54, 1.807) is 12.1 Å². The van der Waals surface area contributed by atoms with Crippen molar-refractivity contribution in [3.63, 3.8) is 0 Å². The van der Waals surface area contributed by atoms with Crippen molar-refractivity contribution in [3.05, 3.63) is 28.8 Å². The molecule has 15 heavy (non-hydrogen) atoms. The van der Waals surface area contributed by atoms with Gasteiger partial charge >= 0.3 is 0 Å². The molecule has 0 saturated heterocycles. The maximum Gasteiger partial charge on any atom is 0.0992 e. The largest absolute Gasteiger partial charge is 0.384 e. The van der Waals surface area contributed by atoms with Gasteiger partial charge in [-0.05, 0) is 36.6 Å². The summed E-state index contributed by atoms with van der Waals surface area (Å²) in [6.45, 7) is 0.909. The first-order chi connectivity index (χ1) is 7.27. The zero-order valence-electron chi connectivity index (χ0n) is 8.59. The molecule has 0 fully saturated rings. The van der Waals surface area contributed by atoms with E-state index in [9.17, 15) is 0 Å². The molecule has 1 aromatic rings. The Morgan fingerprint density at radius 1 is 1.53 bits per heavy atom. The predicted octanol–water partition coefficient (Wildman–Crippen LogP) is 3.38. The van der Waals surface area contributed by atoms with Gasteiger partial charge in [0, 0.05) is 6.54 Å². The van der Waals surface area contributed by atoms with Crippen molar-refractivity contribution in [2.24, 2.45) is 0 Å². The van der Waals surface area contributed by atoms with Crippen LogP contribution in [0, 0.1) is 11.3 Å². The normalized spacial score (nSPS) is 9.67. The minimum atomic E-state index is 0.592. The van der Waals surface area contributed by atoms with Gasteiger partial charge in [-0.3, -0.25) is 0 Å². The molecule has 1 rings (SSSR count). The van der Waals surface area contributed by atoms with Crippen LogP contribution in [-0.2, 0) is 0 Å². The van der Waals surface area contributed by atoms with Crippen molar-refractivity contribution in [1.82, 2.24) is 0 Å². The summed E-state index contributed by atoms with van der Waals surface area (Å²) >= 11 is 7.83. The highest BCUT2D eigenvalue weighted by Gasteiger charge is 2.00. The van der Waals surface area contributed by atoms with Crippen LogP contribution < -0.4 is 5.32 Å². The van der Waals surface area contributed by atoms with Crippen molar-refractivity contribution < 1.29 is 0 Å². The molecule has 0 aliphatic carbocycles. The molecule has 0 saturated carbocycles. The van der Waals surface area contributed by atoms with E-state index in [4.69, 9.17) is 16.9 Å². The van der Waals surface area contributed by atoms with Gasteiger partial charge in [-0.15, -0.1) is 0 Å². The number of anilines is 1. The van der Waals surface area contributed by atoms with Gasteiger partial charge in [0.2, 0.25) is 0 Å². The first-order valence-electron chi connectivity index (χ1n) is 4.70. The second kappa shape index (κ2) is 6.60. The number of nitrogens with one attached hydrogen (secondary N) is 1. The molecule has 0 atom stereocenters. The standard InChI is InChI=1S/C11H13ClN2S/c1-15-6-2-5-14-11-4-3-9(8-13)7-10(11)12/h3-4,7,14H,2,5-6H2,1H3. The van der Waals surface area contributed by atoms with Gasteiger partial charge in [-0.2, -0.15) is 17.0 Å². The van der Waals surface area contributed by atoms with Crippen molar-refractivity contribution in [1.29, 1.82) is 5.26 Å². The van der Waals surface area contributed by atoms with Crippen molar-refractivity contribution in [3.8, 4) is 6.07 Å². The molecule has 4 heteroatoms. The number of nitriles is 1. The van der Waals surface area contributed by atoms with Crippen molar-refractivity contribution in [2.45, 2.75) is 6.42 Å². The van der Waals surface area contributed by atoms with Crippen LogP contribution in [0.3, 0.4) is 0 Å². The second-order valence-corrected chi connectivity index (χ2v) is 4.47. The fourth-order valence-electron chi connectivity index (χ4n) is 1.17. The number of benzene rings is 1. The summed E-state index contributed by atoms with van der Waals surface area (Å²) in [5, 5.41) is 12.5.